The smallest absolute Gasteiger partial charge is 0.354 e. The summed E-state index contributed by atoms with van der Waals surface area (Å²) in [4.78, 5) is 18.9. The highest BCUT2D eigenvalue weighted by molar-refractivity contribution is 5.94. The molecule has 5 heteroatoms. The maximum Gasteiger partial charge on any atom is 0.354 e. The minimum atomic E-state index is -1.06. The third-order valence-electron chi connectivity index (χ3n) is 2.20. The van der Waals surface area contributed by atoms with Gasteiger partial charge in [-0.25, -0.2) is 9.78 Å². The second kappa shape index (κ2) is 4.49. The number of nitrogens with one attached hydrogen (secondary N) is 1. The predicted octanol–water partition coefficient (Wildman–Crippen LogP) is 1.37. The summed E-state index contributed by atoms with van der Waals surface area (Å²) in [6.07, 6.45) is 8.34. The molecule has 0 aliphatic carbocycles. The van der Waals surface area contributed by atoms with Crippen LogP contribution in [0.15, 0.2) is 24.5 Å². The molecule has 0 aliphatic heterocycles. The minimum Gasteiger partial charge on any atom is -0.477 e. The first-order valence-corrected chi connectivity index (χ1v) is 4.88. The van der Waals surface area contributed by atoms with Crippen molar-refractivity contribution in [3.63, 3.8) is 0 Å². The first-order chi connectivity index (χ1) is 8.22. The Labute approximate surface area is 97.5 Å². The van der Waals surface area contributed by atoms with E-state index < -0.39 is 5.97 Å². The molecule has 2 N–H and O–H groups in total. The Morgan fingerprint density at radius 2 is 2.29 bits per heavy atom. The van der Waals surface area contributed by atoms with Crippen LogP contribution < -0.4 is 5.32 Å². The van der Waals surface area contributed by atoms with Crippen LogP contribution in [0.3, 0.4) is 0 Å². The van der Waals surface area contributed by atoms with Crippen molar-refractivity contribution < 1.29 is 9.90 Å². The molecule has 0 atom stereocenters. The molecule has 2 rings (SSSR count). The van der Waals surface area contributed by atoms with Crippen molar-refractivity contribution in [1.29, 1.82) is 0 Å². The second-order valence-electron chi connectivity index (χ2n) is 3.32. The molecule has 0 fully saturated rings. The van der Waals surface area contributed by atoms with Gasteiger partial charge < -0.3 is 10.4 Å². The van der Waals surface area contributed by atoms with Crippen LogP contribution in [0.2, 0.25) is 0 Å². The lowest BCUT2D eigenvalue weighted by molar-refractivity contribution is 0.0691. The van der Waals surface area contributed by atoms with Crippen molar-refractivity contribution in [2.24, 2.45) is 0 Å². The lowest BCUT2D eigenvalue weighted by Gasteiger charge is -2.06. The minimum absolute atomic E-state index is 0.00698. The molecule has 5 nitrogen and oxygen atoms in total. The van der Waals surface area contributed by atoms with E-state index in [4.69, 9.17) is 11.5 Å². The van der Waals surface area contributed by atoms with Crippen molar-refractivity contribution in [3.8, 4) is 12.3 Å². The number of carboxylic acids is 1. The van der Waals surface area contributed by atoms with Gasteiger partial charge in [0.05, 0.1) is 23.9 Å². The fourth-order valence-corrected chi connectivity index (χ4v) is 1.44. The van der Waals surface area contributed by atoms with E-state index in [0.717, 1.165) is 5.39 Å². The zero-order valence-corrected chi connectivity index (χ0v) is 8.84. The molecule has 17 heavy (non-hydrogen) atoms. The molecule has 0 aliphatic rings. The zero-order valence-electron chi connectivity index (χ0n) is 8.84. The fourth-order valence-electron chi connectivity index (χ4n) is 1.44. The molecular weight excluding hydrogens is 218 g/mol. The summed E-state index contributed by atoms with van der Waals surface area (Å²) in [5.74, 6) is 1.37. The van der Waals surface area contributed by atoms with E-state index in [0.29, 0.717) is 17.7 Å². The summed E-state index contributed by atoms with van der Waals surface area (Å²) in [7, 11) is 0. The Kier molecular flexibility index (Phi) is 2.88. The number of fused-ring (bicyclic) bond motifs is 1. The van der Waals surface area contributed by atoms with Crippen LogP contribution in [0.1, 0.15) is 10.5 Å². The standard InChI is InChI=1S/C12H9N3O2/c1-2-5-14-10-7-13-6-8-3-4-9(12(16)17)15-11(8)10/h1,3-4,6-7,14H,5H2,(H,16,17). The van der Waals surface area contributed by atoms with E-state index in [1.165, 1.54) is 6.07 Å². The van der Waals surface area contributed by atoms with Crippen LogP contribution >= 0.6 is 0 Å². The lowest BCUT2D eigenvalue weighted by atomic mass is 10.2. The van der Waals surface area contributed by atoms with Crippen LogP contribution in [0.25, 0.3) is 10.9 Å². The SMILES string of the molecule is C#CCNc1cncc2ccc(C(=O)O)nc12. The number of hydrogen-bond acceptors (Lipinski definition) is 4. The van der Waals surface area contributed by atoms with Crippen molar-refractivity contribution >= 4 is 22.6 Å². The van der Waals surface area contributed by atoms with E-state index in [2.05, 4.69) is 21.2 Å². The van der Waals surface area contributed by atoms with Gasteiger partial charge in [0.2, 0.25) is 0 Å². The lowest BCUT2D eigenvalue weighted by Crippen LogP contribution is -2.04. The maximum atomic E-state index is 10.8. The van der Waals surface area contributed by atoms with E-state index in [1.54, 1.807) is 18.5 Å². The average Bonchev–Trinajstić information content (AvgIpc) is 2.35. The van der Waals surface area contributed by atoms with Crippen molar-refractivity contribution in [1.82, 2.24) is 9.97 Å². The van der Waals surface area contributed by atoms with Crippen LogP contribution in [-0.2, 0) is 0 Å². The third-order valence-corrected chi connectivity index (χ3v) is 2.20. The highest BCUT2D eigenvalue weighted by Gasteiger charge is 2.08. The van der Waals surface area contributed by atoms with Gasteiger partial charge >= 0.3 is 5.97 Å². The van der Waals surface area contributed by atoms with Gasteiger partial charge in [0.1, 0.15) is 5.69 Å². The van der Waals surface area contributed by atoms with Gasteiger partial charge in [-0.1, -0.05) is 5.92 Å². The second-order valence-corrected chi connectivity index (χ2v) is 3.32. The summed E-state index contributed by atoms with van der Waals surface area (Å²) in [5.41, 5.74) is 1.17. The summed E-state index contributed by atoms with van der Waals surface area (Å²) in [6.45, 7) is 0.333. The van der Waals surface area contributed by atoms with Crippen LogP contribution in [0, 0.1) is 12.3 Å². The van der Waals surface area contributed by atoms with Gasteiger partial charge in [0.15, 0.2) is 0 Å². The molecule has 2 aromatic rings. The van der Waals surface area contributed by atoms with Gasteiger partial charge in [0, 0.05) is 11.6 Å². The van der Waals surface area contributed by atoms with Crippen molar-refractivity contribution in [2.75, 3.05) is 11.9 Å². The quantitative estimate of drug-likeness (QED) is 0.774. The number of aromatic nitrogens is 2. The first-order valence-electron chi connectivity index (χ1n) is 4.88. The molecule has 84 valence electrons. The van der Waals surface area contributed by atoms with Crippen LogP contribution in [0.4, 0.5) is 5.69 Å². The van der Waals surface area contributed by atoms with E-state index in [9.17, 15) is 4.79 Å². The predicted molar refractivity (Wildman–Crippen MR) is 63.8 cm³/mol. The highest BCUT2D eigenvalue weighted by atomic mass is 16.4. The summed E-state index contributed by atoms with van der Waals surface area (Å²) >= 11 is 0. The number of carboxylic acid groups (broad SMARTS) is 1. The summed E-state index contributed by atoms with van der Waals surface area (Å²) in [6, 6.07) is 3.11. The Hall–Kier alpha value is -2.61. The van der Waals surface area contributed by atoms with Gasteiger partial charge in [-0.3, -0.25) is 4.98 Å². The number of nitrogens with zero attached hydrogens (tertiary/aromatic N) is 2. The molecule has 0 unspecified atom stereocenters. The number of aromatic carboxylic acids is 1. The molecule has 0 saturated heterocycles. The first kappa shape index (κ1) is 10.9. The number of rotatable bonds is 3. The van der Waals surface area contributed by atoms with E-state index >= 15 is 0 Å². The maximum absolute atomic E-state index is 10.8. The zero-order chi connectivity index (χ0) is 12.3. The Bertz CT molecular complexity index is 617. The topological polar surface area (TPSA) is 75.1 Å². The molecule has 0 spiro atoms. The Morgan fingerprint density at radius 3 is 3.00 bits per heavy atom. The monoisotopic (exact) mass is 227 g/mol. The normalized spacial score (nSPS) is 9.82. The van der Waals surface area contributed by atoms with Gasteiger partial charge in [-0.2, -0.15) is 0 Å². The van der Waals surface area contributed by atoms with Gasteiger partial charge in [0.25, 0.3) is 0 Å². The fraction of sp³-hybridized carbons (Fsp3) is 0.0833. The molecule has 0 saturated carbocycles. The number of pyridine rings is 2. The molecule has 0 bridgehead atoms. The number of anilines is 1. The summed E-state index contributed by atoms with van der Waals surface area (Å²) < 4.78 is 0. The van der Waals surface area contributed by atoms with E-state index in [-0.39, 0.29) is 5.69 Å². The van der Waals surface area contributed by atoms with Crippen LogP contribution in [0.5, 0.6) is 0 Å². The Morgan fingerprint density at radius 1 is 1.47 bits per heavy atom. The largest absolute Gasteiger partial charge is 0.477 e. The van der Waals surface area contributed by atoms with Crippen molar-refractivity contribution in [2.45, 2.75) is 0 Å². The number of hydrogen-bond donors (Lipinski definition) is 2. The number of terminal acetylenes is 1. The number of carbonyl (C=O) groups is 1. The molecule has 2 heterocycles. The van der Waals surface area contributed by atoms with Crippen molar-refractivity contribution in [3.05, 3.63) is 30.2 Å². The van der Waals surface area contributed by atoms with Gasteiger partial charge in [-0.15, -0.1) is 6.42 Å². The summed E-state index contributed by atoms with van der Waals surface area (Å²) in [5, 5.41) is 12.6. The molecule has 0 amide bonds. The van der Waals surface area contributed by atoms with E-state index in [1.807, 2.05) is 0 Å². The molecule has 0 aromatic carbocycles. The molecular formula is C12H9N3O2. The van der Waals surface area contributed by atoms with Crippen LogP contribution in [-0.4, -0.2) is 27.6 Å². The third kappa shape index (κ3) is 2.16. The Balaban J connectivity index is 2.56. The molecule has 0 radical (unpaired) electrons. The highest BCUT2D eigenvalue weighted by Crippen LogP contribution is 2.20. The van der Waals surface area contributed by atoms with Gasteiger partial charge in [-0.05, 0) is 12.1 Å². The molecule has 2 aromatic heterocycles. The average molecular weight is 227 g/mol.